The van der Waals surface area contributed by atoms with E-state index in [-0.39, 0.29) is 24.9 Å². The normalized spacial score (nSPS) is 14.4. The van der Waals surface area contributed by atoms with Crippen LogP contribution < -0.4 is 5.32 Å². The monoisotopic (exact) mass is 384 g/mol. The van der Waals surface area contributed by atoms with Crippen LogP contribution in [0.3, 0.4) is 0 Å². The molecule has 140 valence electrons. The van der Waals surface area contributed by atoms with Gasteiger partial charge in [0.25, 0.3) is 5.91 Å². The SMILES string of the molecule is O=C(NCc1nc2ccccc2n1CC(=O)N1CCOCC1)c1cccs1. The molecule has 2 amide bonds. The molecule has 1 aliphatic rings. The second-order valence-electron chi connectivity index (χ2n) is 6.26. The van der Waals surface area contributed by atoms with Gasteiger partial charge in [-0.25, -0.2) is 4.98 Å². The van der Waals surface area contributed by atoms with Crippen molar-refractivity contribution in [1.82, 2.24) is 19.8 Å². The van der Waals surface area contributed by atoms with Crippen molar-refractivity contribution in [2.24, 2.45) is 0 Å². The van der Waals surface area contributed by atoms with Crippen LogP contribution in [0.5, 0.6) is 0 Å². The summed E-state index contributed by atoms with van der Waals surface area (Å²) in [6.45, 7) is 2.82. The number of thiophene rings is 1. The standard InChI is InChI=1S/C19H20N4O3S/c24-18(22-7-9-26-10-8-22)13-23-15-5-2-1-4-14(15)21-17(23)12-20-19(25)16-6-3-11-27-16/h1-6,11H,7-10,12-13H2,(H,20,25). The largest absolute Gasteiger partial charge is 0.378 e. The number of ether oxygens (including phenoxy) is 1. The molecule has 8 heteroatoms. The molecule has 0 aliphatic carbocycles. The number of carbonyl (C=O) groups is 2. The van der Waals surface area contributed by atoms with Crippen molar-refractivity contribution in [3.8, 4) is 0 Å². The molecule has 0 saturated carbocycles. The van der Waals surface area contributed by atoms with Crippen LogP contribution in [0.2, 0.25) is 0 Å². The third-order valence-corrected chi connectivity index (χ3v) is 5.41. The number of morpholine rings is 1. The first kappa shape index (κ1) is 17.7. The van der Waals surface area contributed by atoms with Crippen LogP contribution >= 0.6 is 11.3 Å². The number of imidazole rings is 1. The van der Waals surface area contributed by atoms with Crippen LogP contribution in [0, 0.1) is 0 Å². The Morgan fingerprint density at radius 1 is 1.15 bits per heavy atom. The molecule has 0 atom stereocenters. The quantitative estimate of drug-likeness (QED) is 0.729. The van der Waals surface area contributed by atoms with E-state index in [1.165, 1.54) is 11.3 Å². The van der Waals surface area contributed by atoms with E-state index in [2.05, 4.69) is 10.3 Å². The van der Waals surface area contributed by atoms with E-state index < -0.39 is 0 Å². The number of benzene rings is 1. The molecular weight excluding hydrogens is 364 g/mol. The van der Waals surface area contributed by atoms with E-state index in [9.17, 15) is 9.59 Å². The summed E-state index contributed by atoms with van der Waals surface area (Å²) in [5, 5.41) is 4.76. The fraction of sp³-hybridized carbons (Fsp3) is 0.316. The minimum atomic E-state index is -0.136. The topological polar surface area (TPSA) is 76.5 Å². The molecule has 3 aromatic rings. The van der Waals surface area contributed by atoms with Crippen LogP contribution in [0.1, 0.15) is 15.5 Å². The predicted octanol–water partition coefficient (Wildman–Crippen LogP) is 1.89. The molecule has 1 fully saturated rings. The second kappa shape index (κ2) is 7.89. The molecule has 0 spiro atoms. The highest BCUT2D eigenvalue weighted by Gasteiger charge is 2.20. The van der Waals surface area contributed by atoms with Crippen LogP contribution in [-0.2, 0) is 22.6 Å². The number of amides is 2. The third kappa shape index (κ3) is 3.86. The Morgan fingerprint density at radius 3 is 2.74 bits per heavy atom. The number of fused-ring (bicyclic) bond motifs is 1. The molecule has 7 nitrogen and oxygen atoms in total. The average molecular weight is 384 g/mol. The minimum Gasteiger partial charge on any atom is -0.378 e. The number of rotatable bonds is 5. The van der Waals surface area contributed by atoms with Crippen molar-refractivity contribution in [3.05, 3.63) is 52.5 Å². The lowest BCUT2D eigenvalue weighted by Crippen LogP contribution is -2.42. The maximum Gasteiger partial charge on any atom is 0.261 e. The van der Waals surface area contributed by atoms with Gasteiger partial charge >= 0.3 is 0 Å². The molecule has 3 heterocycles. The fourth-order valence-corrected chi connectivity index (χ4v) is 3.78. The minimum absolute atomic E-state index is 0.0345. The van der Waals surface area contributed by atoms with Gasteiger partial charge in [0.1, 0.15) is 12.4 Å². The van der Waals surface area contributed by atoms with Crippen LogP contribution in [0.4, 0.5) is 0 Å². The first-order valence-corrected chi connectivity index (χ1v) is 9.72. The van der Waals surface area contributed by atoms with Gasteiger partial charge in [0.2, 0.25) is 5.91 Å². The Labute approximate surface area is 160 Å². The van der Waals surface area contributed by atoms with Crippen LogP contribution in [0.25, 0.3) is 11.0 Å². The zero-order valence-electron chi connectivity index (χ0n) is 14.8. The van der Waals surface area contributed by atoms with Crippen LogP contribution in [0.15, 0.2) is 41.8 Å². The summed E-state index contributed by atoms with van der Waals surface area (Å²) in [6, 6.07) is 11.3. The van der Waals surface area contributed by atoms with Crippen molar-refractivity contribution in [2.75, 3.05) is 26.3 Å². The number of nitrogens with zero attached hydrogens (tertiary/aromatic N) is 3. The van der Waals surface area contributed by atoms with Gasteiger partial charge in [0, 0.05) is 13.1 Å². The van der Waals surface area contributed by atoms with Crippen molar-refractivity contribution < 1.29 is 14.3 Å². The van der Waals surface area contributed by atoms with Crippen molar-refractivity contribution in [2.45, 2.75) is 13.1 Å². The average Bonchev–Trinajstić information content (AvgIpc) is 3.36. The first-order valence-electron chi connectivity index (χ1n) is 8.84. The van der Waals surface area contributed by atoms with E-state index >= 15 is 0 Å². The van der Waals surface area contributed by atoms with E-state index in [4.69, 9.17) is 4.74 Å². The smallest absolute Gasteiger partial charge is 0.261 e. The number of nitrogens with one attached hydrogen (secondary N) is 1. The van der Waals surface area contributed by atoms with E-state index in [0.717, 1.165) is 11.0 Å². The molecule has 1 aromatic carbocycles. The highest BCUT2D eigenvalue weighted by Crippen LogP contribution is 2.17. The molecule has 0 bridgehead atoms. The highest BCUT2D eigenvalue weighted by atomic mass is 32.1. The number of aromatic nitrogens is 2. The van der Waals surface area contributed by atoms with Crippen molar-refractivity contribution >= 4 is 34.2 Å². The Kier molecular flexibility index (Phi) is 5.17. The van der Waals surface area contributed by atoms with E-state index in [1.807, 2.05) is 45.2 Å². The summed E-state index contributed by atoms with van der Waals surface area (Å²) < 4.78 is 7.21. The molecule has 27 heavy (non-hydrogen) atoms. The highest BCUT2D eigenvalue weighted by molar-refractivity contribution is 7.12. The van der Waals surface area contributed by atoms with Gasteiger partial charge in [-0.05, 0) is 23.6 Å². The number of para-hydroxylation sites is 2. The molecule has 1 saturated heterocycles. The van der Waals surface area contributed by atoms with Gasteiger partial charge < -0.3 is 19.5 Å². The molecule has 0 radical (unpaired) electrons. The lowest BCUT2D eigenvalue weighted by atomic mass is 10.3. The molecule has 2 aromatic heterocycles. The fourth-order valence-electron chi connectivity index (χ4n) is 3.14. The maximum absolute atomic E-state index is 12.7. The Morgan fingerprint density at radius 2 is 1.96 bits per heavy atom. The second-order valence-corrected chi connectivity index (χ2v) is 7.20. The number of hydrogen-bond donors (Lipinski definition) is 1. The molecule has 1 aliphatic heterocycles. The first-order chi connectivity index (χ1) is 13.2. The molecule has 4 rings (SSSR count). The van der Waals surface area contributed by atoms with Gasteiger partial charge in [0.15, 0.2) is 0 Å². The maximum atomic E-state index is 12.7. The summed E-state index contributed by atoms with van der Waals surface area (Å²) >= 11 is 1.39. The molecule has 1 N–H and O–H groups in total. The zero-order valence-corrected chi connectivity index (χ0v) is 15.6. The van der Waals surface area contributed by atoms with Gasteiger partial charge in [0.05, 0.1) is 35.7 Å². The summed E-state index contributed by atoms with van der Waals surface area (Å²) in [7, 11) is 0. The van der Waals surface area contributed by atoms with Gasteiger partial charge in [-0.1, -0.05) is 18.2 Å². The summed E-state index contributed by atoms with van der Waals surface area (Å²) in [5.74, 6) is 0.568. The molecular formula is C19H20N4O3S. The van der Waals surface area contributed by atoms with Gasteiger partial charge in [-0.2, -0.15) is 0 Å². The lowest BCUT2D eigenvalue weighted by Gasteiger charge is -2.27. The summed E-state index contributed by atoms with van der Waals surface area (Å²) in [5.41, 5.74) is 1.70. The summed E-state index contributed by atoms with van der Waals surface area (Å²) in [6.07, 6.45) is 0. The van der Waals surface area contributed by atoms with Crippen molar-refractivity contribution in [1.29, 1.82) is 0 Å². The number of hydrogen-bond acceptors (Lipinski definition) is 5. The summed E-state index contributed by atoms with van der Waals surface area (Å²) in [4.78, 5) is 32.1. The van der Waals surface area contributed by atoms with Crippen LogP contribution in [-0.4, -0.2) is 52.6 Å². The zero-order chi connectivity index (χ0) is 18.6. The lowest BCUT2D eigenvalue weighted by molar-refractivity contribution is -0.135. The van der Waals surface area contributed by atoms with E-state index in [1.54, 1.807) is 6.07 Å². The third-order valence-electron chi connectivity index (χ3n) is 4.54. The van der Waals surface area contributed by atoms with Gasteiger partial charge in [-0.3, -0.25) is 9.59 Å². The number of carbonyl (C=O) groups excluding carboxylic acids is 2. The molecule has 0 unspecified atom stereocenters. The van der Waals surface area contributed by atoms with E-state index in [0.29, 0.717) is 37.0 Å². The Hall–Kier alpha value is -2.71. The predicted molar refractivity (Wildman–Crippen MR) is 103 cm³/mol. The van der Waals surface area contributed by atoms with Crippen molar-refractivity contribution in [3.63, 3.8) is 0 Å². The van der Waals surface area contributed by atoms with Gasteiger partial charge in [-0.15, -0.1) is 11.3 Å². The Bertz CT molecular complexity index is 945. The Balaban J connectivity index is 1.55.